The van der Waals surface area contributed by atoms with Crippen molar-refractivity contribution < 1.29 is 9.59 Å². The first-order chi connectivity index (χ1) is 10.9. The Balaban J connectivity index is 1.98. The second kappa shape index (κ2) is 7.77. The summed E-state index contributed by atoms with van der Waals surface area (Å²) in [6, 6.07) is 0. The lowest BCUT2D eigenvalue weighted by Crippen LogP contribution is -2.44. The molecule has 1 unspecified atom stereocenters. The number of piperidine rings is 1. The van der Waals surface area contributed by atoms with Crippen molar-refractivity contribution in [3.05, 3.63) is 17.0 Å². The molecule has 2 amide bonds. The predicted molar refractivity (Wildman–Crippen MR) is 90.1 cm³/mol. The molecule has 0 bridgehead atoms. The van der Waals surface area contributed by atoms with Gasteiger partial charge in [-0.3, -0.25) is 9.59 Å². The van der Waals surface area contributed by atoms with Gasteiger partial charge in [0.2, 0.25) is 11.8 Å². The maximum Gasteiger partial charge on any atom is 0.222 e. The van der Waals surface area contributed by atoms with Gasteiger partial charge in [-0.25, -0.2) is 9.97 Å². The Kier molecular flexibility index (Phi) is 5.98. The van der Waals surface area contributed by atoms with E-state index in [1.54, 1.807) is 4.90 Å². The van der Waals surface area contributed by atoms with Crippen molar-refractivity contribution in [2.75, 3.05) is 19.3 Å². The number of nitrogens with zero attached hydrogens (tertiary/aromatic N) is 3. The Morgan fingerprint density at radius 1 is 1.30 bits per heavy atom. The lowest BCUT2D eigenvalue weighted by atomic mass is 9.97. The van der Waals surface area contributed by atoms with Gasteiger partial charge in [-0.1, -0.05) is 11.8 Å². The van der Waals surface area contributed by atoms with E-state index in [1.807, 2.05) is 20.1 Å². The summed E-state index contributed by atoms with van der Waals surface area (Å²) in [6.07, 6.45) is 4.60. The highest BCUT2D eigenvalue weighted by atomic mass is 32.2. The van der Waals surface area contributed by atoms with Gasteiger partial charge < -0.3 is 10.6 Å². The standard InChI is InChI=1S/C16H24N4O2S/c1-10-13(11(2)19-16(18-10)23-3)6-7-14(21)20-8-4-5-12(9-20)15(17)22/h12H,4-9H2,1-3H3,(H2,17,22). The second-order valence-electron chi connectivity index (χ2n) is 5.94. The third-order valence-electron chi connectivity index (χ3n) is 4.35. The summed E-state index contributed by atoms with van der Waals surface area (Å²) >= 11 is 1.51. The molecule has 23 heavy (non-hydrogen) atoms. The number of amides is 2. The lowest BCUT2D eigenvalue weighted by Gasteiger charge is -2.31. The van der Waals surface area contributed by atoms with Gasteiger partial charge in [-0.2, -0.15) is 0 Å². The van der Waals surface area contributed by atoms with Crippen molar-refractivity contribution in [3.63, 3.8) is 0 Å². The minimum atomic E-state index is -0.310. The van der Waals surface area contributed by atoms with Crippen LogP contribution in [-0.2, 0) is 16.0 Å². The molecular weight excluding hydrogens is 312 g/mol. The number of nitrogens with two attached hydrogens (primary N) is 1. The number of primary amides is 1. The van der Waals surface area contributed by atoms with Gasteiger partial charge in [0.05, 0.1) is 5.92 Å². The molecule has 0 radical (unpaired) electrons. The van der Waals surface area contributed by atoms with Crippen LogP contribution in [0.2, 0.25) is 0 Å². The van der Waals surface area contributed by atoms with Crippen molar-refractivity contribution >= 4 is 23.6 Å². The number of aromatic nitrogens is 2. The Morgan fingerprint density at radius 3 is 2.52 bits per heavy atom. The molecule has 2 heterocycles. The average molecular weight is 336 g/mol. The van der Waals surface area contributed by atoms with Gasteiger partial charge in [0.1, 0.15) is 0 Å². The van der Waals surface area contributed by atoms with Crippen LogP contribution in [0.15, 0.2) is 5.16 Å². The first kappa shape index (κ1) is 17.7. The number of carbonyl (C=O) groups is 2. The number of likely N-dealkylation sites (tertiary alicyclic amines) is 1. The first-order valence-corrected chi connectivity index (χ1v) is 9.10. The zero-order chi connectivity index (χ0) is 17.0. The smallest absolute Gasteiger partial charge is 0.222 e. The highest BCUT2D eigenvalue weighted by Crippen LogP contribution is 2.20. The van der Waals surface area contributed by atoms with Crippen molar-refractivity contribution in [3.8, 4) is 0 Å². The van der Waals surface area contributed by atoms with E-state index in [0.717, 1.165) is 34.9 Å². The van der Waals surface area contributed by atoms with Gasteiger partial charge in [0, 0.05) is 30.9 Å². The zero-order valence-electron chi connectivity index (χ0n) is 14.0. The van der Waals surface area contributed by atoms with Crippen LogP contribution in [0.25, 0.3) is 0 Å². The van der Waals surface area contributed by atoms with E-state index >= 15 is 0 Å². The molecule has 126 valence electrons. The Morgan fingerprint density at radius 2 is 1.96 bits per heavy atom. The van der Waals surface area contributed by atoms with E-state index in [-0.39, 0.29) is 17.7 Å². The summed E-state index contributed by atoms with van der Waals surface area (Å²) in [5.74, 6) is -0.445. The molecule has 0 spiro atoms. The molecule has 2 N–H and O–H groups in total. The molecular formula is C16H24N4O2S. The van der Waals surface area contributed by atoms with E-state index in [9.17, 15) is 9.59 Å². The molecule has 7 heteroatoms. The van der Waals surface area contributed by atoms with Gasteiger partial charge in [-0.15, -0.1) is 0 Å². The van der Waals surface area contributed by atoms with Gasteiger partial charge in [0.15, 0.2) is 5.16 Å². The monoisotopic (exact) mass is 336 g/mol. The van der Waals surface area contributed by atoms with Crippen molar-refractivity contribution in [2.45, 2.75) is 44.7 Å². The minimum Gasteiger partial charge on any atom is -0.369 e. The molecule has 1 atom stereocenters. The fraction of sp³-hybridized carbons (Fsp3) is 0.625. The lowest BCUT2D eigenvalue weighted by molar-refractivity contribution is -0.134. The average Bonchev–Trinajstić information content (AvgIpc) is 2.53. The van der Waals surface area contributed by atoms with Crippen LogP contribution in [0.4, 0.5) is 0 Å². The summed E-state index contributed by atoms with van der Waals surface area (Å²) in [6.45, 7) is 5.08. The van der Waals surface area contributed by atoms with Crippen LogP contribution in [0.1, 0.15) is 36.2 Å². The molecule has 6 nitrogen and oxygen atoms in total. The van der Waals surface area contributed by atoms with E-state index < -0.39 is 0 Å². The summed E-state index contributed by atoms with van der Waals surface area (Å²) in [5.41, 5.74) is 8.27. The number of hydrogen-bond donors (Lipinski definition) is 1. The van der Waals surface area contributed by atoms with Crippen LogP contribution in [0.5, 0.6) is 0 Å². The van der Waals surface area contributed by atoms with Gasteiger partial charge in [-0.05, 0) is 44.9 Å². The molecule has 0 aromatic carbocycles. The third-order valence-corrected chi connectivity index (χ3v) is 4.90. The zero-order valence-corrected chi connectivity index (χ0v) is 14.8. The molecule has 2 rings (SSSR count). The molecule has 1 aromatic rings. The number of hydrogen-bond acceptors (Lipinski definition) is 5. The quantitative estimate of drug-likeness (QED) is 0.650. The summed E-state index contributed by atoms with van der Waals surface area (Å²) < 4.78 is 0. The number of carbonyl (C=O) groups excluding carboxylic acids is 2. The number of thioether (sulfide) groups is 1. The summed E-state index contributed by atoms with van der Waals surface area (Å²) in [4.78, 5) is 34.4. The minimum absolute atomic E-state index is 0.0729. The van der Waals surface area contributed by atoms with Crippen LogP contribution >= 0.6 is 11.8 Å². The Hall–Kier alpha value is -1.63. The molecule has 1 aliphatic rings. The van der Waals surface area contributed by atoms with Crippen LogP contribution in [-0.4, -0.2) is 46.0 Å². The molecule has 1 saturated heterocycles. The van der Waals surface area contributed by atoms with Crippen LogP contribution < -0.4 is 5.73 Å². The van der Waals surface area contributed by atoms with Crippen molar-refractivity contribution in [1.29, 1.82) is 0 Å². The number of aryl methyl sites for hydroxylation is 2. The SMILES string of the molecule is CSc1nc(C)c(CCC(=O)N2CCCC(C(N)=O)C2)c(C)n1. The third kappa shape index (κ3) is 4.43. The van der Waals surface area contributed by atoms with E-state index in [4.69, 9.17) is 5.73 Å². The molecule has 0 saturated carbocycles. The highest BCUT2D eigenvalue weighted by Gasteiger charge is 2.26. The maximum absolute atomic E-state index is 12.4. The number of rotatable bonds is 5. The van der Waals surface area contributed by atoms with Gasteiger partial charge in [0.25, 0.3) is 0 Å². The Labute approximate surface area is 141 Å². The maximum atomic E-state index is 12.4. The summed E-state index contributed by atoms with van der Waals surface area (Å²) in [5, 5.41) is 0.760. The normalized spacial score (nSPS) is 18.0. The molecule has 1 aromatic heterocycles. The van der Waals surface area contributed by atoms with E-state index in [2.05, 4.69) is 9.97 Å². The highest BCUT2D eigenvalue weighted by molar-refractivity contribution is 7.98. The summed E-state index contributed by atoms with van der Waals surface area (Å²) in [7, 11) is 0. The van der Waals surface area contributed by atoms with Gasteiger partial charge >= 0.3 is 0 Å². The first-order valence-electron chi connectivity index (χ1n) is 7.87. The molecule has 1 aliphatic heterocycles. The topological polar surface area (TPSA) is 89.2 Å². The Bertz CT molecular complexity index is 583. The van der Waals surface area contributed by atoms with E-state index in [0.29, 0.717) is 25.9 Å². The van der Waals surface area contributed by atoms with Crippen molar-refractivity contribution in [2.24, 2.45) is 11.7 Å². The fourth-order valence-corrected chi connectivity index (χ4v) is 3.44. The van der Waals surface area contributed by atoms with Crippen LogP contribution in [0.3, 0.4) is 0 Å². The van der Waals surface area contributed by atoms with Crippen LogP contribution in [0, 0.1) is 19.8 Å². The fourth-order valence-electron chi connectivity index (χ4n) is 2.99. The van der Waals surface area contributed by atoms with E-state index in [1.165, 1.54) is 11.8 Å². The van der Waals surface area contributed by atoms with Crippen molar-refractivity contribution in [1.82, 2.24) is 14.9 Å². The molecule has 0 aliphatic carbocycles. The predicted octanol–water partition coefficient (Wildman–Crippen LogP) is 1.47. The second-order valence-corrected chi connectivity index (χ2v) is 6.71. The molecule has 1 fully saturated rings. The largest absolute Gasteiger partial charge is 0.369 e.